The maximum Gasteiger partial charge on any atom is 0.320 e. The number of benzene rings is 1. The van der Waals surface area contributed by atoms with E-state index in [4.69, 9.17) is 0 Å². The number of carbonyl (C=O) groups excluding carboxylic acids is 1. The van der Waals surface area contributed by atoms with E-state index >= 15 is 0 Å². The van der Waals surface area contributed by atoms with Gasteiger partial charge >= 0.3 is 6.03 Å². The molecule has 0 bridgehead atoms. The number of aromatic nitrogens is 2. The minimum atomic E-state index is -0.523. The molecule has 2 amide bonds. The first-order valence-electron chi connectivity index (χ1n) is 10.0. The van der Waals surface area contributed by atoms with Crippen molar-refractivity contribution >= 4 is 11.7 Å². The van der Waals surface area contributed by atoms with Gasteiger partial charge in [0.05, 0.1) is 23.6 Å². The van der Waals surface area contributed by atoms with Crippen molar-refractivity contribution in [3.8, 4) is 0 Å². The van der Waals surface area contributed by atoms with E-state index in [1.807, 2.05) is 18.2 Å². The molecule has 2 atom stereocenters. The van der Waals surface area contributed by atoms with Crippen molar-refractivity contribution in [2.24, 2.45) is 5.41 Å². The lowest BCUT2D eigenvalue weighted by molar-refractivity contribution is 0.250. The number of hydrogen-bond acceptors (Lipinski definition) is 3. The second-order valence-corrected chi connectivity index (χ2v) is 8.37. The predicted octanol–water partition coefficient (Wildman–Crippen LogP) is 5.37. The van der Waals surface area contributed by atoms with E-state index in [1.54, 1.807) is 42.9 Å². The second-order valence-electron chi connectivity index (χ2n) is 8.37. The molecule has 5 nitrogen and oxygen atoms in total. The van der Waals surface area contributed by atoms with Gasteiger partial charge in [0.1, 0.15) is 6.67 Å². The molecule has 154 valence electrons. The molecule has 30 heavy (non-hydrogen) atoms. The lowest BCUT2D eigenvalue weighted by Gasteiger charge is -2.22. The highest BCUT2D eigenvalue weighted by molar-refractivity contribution is 5.89. The zero-order chi connectivity index (χ0) is 21.1. The Morgan fingerprint density at radius 1 is 1.17 bits per heavy atom. The van der Waals surface area contributed by atoms with Gasteiger partial charge in [-0.2, -0.15) is 0 Å². The standard InChI is InChI=1S/C24H25FN4O/c1-24(2)13-20(24)19-6-4-12-27-22(19)21(17-9-7-16(14-25)8-10-17)29-23(30)28-18-5-3-11-26-15-18/h3-12,15,20-21H,13-14H2,1-2H3,(H2,28,29,30)/t20-,21-/m0/s1. The Kier molecular flexibility index (Phi) is 5.48. The third-order valence-electron chi connectivity index (χ3n) is 5.70. The van der Waals surface area contributed by atoms with Gasteiger partial charge in [0, 0.05) is 12.4 Å². The Morgan fingerprint density at radius 3 is 2.53 bits per heavy atom. The number of rotatable bonds is 6. The van der Waals surface area contributed by atoms with Gasteiger partial charge in [-0.3, -0.25) is 9.97 Å². The maximum absolute atomic E-state index is 13.0. The van der Waals surface area contributed by atoms with E-state index in [-0.39, 0.29) is 11.4 Å². The number of alkyl halides is 1. The number of nitrogens with zero attached hydrogens (tertiary/aromatic N) is 2. The fraction of sp³-hybridized carbons (Fsp3) is 0.292. The van der Waals surface area contributed by atoms with Crippen LogP contribution in [0.15, 0.2) is 67.1 Å². The lowest BCUT2D eigenvalue weighted by Crippen LogP contribution is -2.34. The molecular weight excluding hydrogens is 379 g/mol. The predicted molar refractivity (Wildman–Crippen MR) is 115 cm³/mol. The van der Waals surface area contributed by atoms with Crippen LogP contribution in [-0.4, -0.2) is 16.0 Å². The summed E-state index contributed by atoms with van der Waals surface area (Å²) in [6.45, 7) is 3.95. The van der Waals surface area contributed by atoms with Crippen LogP contribution in [0.1, 0.15) is 54.6 Å². The van der Waals surface area contributed by atoms with E-state index in [0.717, 1.165) is 23.2 Å². The van der Waals surface area contributed by atoms with Crippen LogP contribution in [0.5, 0.6) is 0 Å². The molecule has 0 unspecified atom stereocenters. The Hall–Kier alpha value is -3.28. The topological polar surface area (TPSA) is 66.9 Å². The summed E-state index contributed by atoms with van der Waals surface area (Å²) in [5.74, 6) is 0.400. The number of hydrogen-bond donors (Lipinski definition) is 2. The highest BCUT2D eigenvalue weighted by Crippen LogP contribution is 2.59. The number of nitrogens with one attached hydrogen (secondary N) is 2. The fourth-order valence-corrected chi connectivity index (χ4v) is 3.81. The maximum atomic E-state index is 13.0. The summed E-state index contributed by atoms with van der Waals surface area (Å²) in [5, 5.41) is 5.87. The number of halogens is 1. The van der Waals surface area contributed by atoms with Gasteiger partial charge in [-0.05, 0) is 52.6 Å². The van der Waals surface area contributed by atoms with Crippen LogP contribution in [0.3, 0.4) is 0 Å². The van der Waals surface area contributed by atoms with Gasteiger partial charge in [0.25, 0.3) is 0 Å². The molecule has 0 spiro atoms. The Balaban J connectivity index is 1.67. The minimum Gasteiger partial charge on any atom is -0.325 e. The molecule has 2 heterocycles. The van der Waals surface area contributed by atoms with Gasteiger partial charge < -0.3 is 10.6 Å². The first-order chi connectivity index (χ1) is 14.5. The number of carbonyl (C=O) groups is 1. The third kappa shape index (κ3) is 4.32. The van der Waals surface area contributed by atoms with Crippen molar-refractivity contribution in [1.29, 1.82) is 0 Å². The van der Waals surface area contributed by atoms with E-state index in [0.29, 0.717) is 17.2 Å². The summed E-state index contributed by atoms with van der Waals surface area (Å²) in [6, 6.07) is 13.9. The Labute approximate surface area is 175 Å². The normalized spacial score (nSPS) is 17.8. The zero-order valence-corrected chi connectivity index (χ0v) is 17.1. The van der Waals surface area contributed by atoms with E-state index < -0.39 is 12.7 Å². The van der Waals surface area contributed by atoms with Gasteiger partial charge in [-0.1, -0.05) is 44.2 Å². The van der Waals surface area contributed by atoms with Crippen LogP contribution >= 0.6 is 0 Å². The monoisotopic (exact) mass is 404 g/mol. The summed E-state index contributed by atoms with van der Waals surface area (Å²) < 4.78 is 13.0. The number of amides is 2. The van der Waals surface area contributed by atoms with Crippen molar-refractivity contribution in [3.05, 3.63) is 89.5 Å². The largest absolute Gasteiger partial charge is 0.325 e. The lowest BCUT2D eigenvalue weighted by atomic mass is 9.94. The van der Waals surface area contributed by atoms with Crippen LogP contribution in [0.25, 0.3) is 0 Å². The summed E-state index contributed by atoms with van der Waals surface area (Å²) >= 11 is 0. The quantitative estimate of drug-likeness (QED) is 0.580. The fourth-order valence-electron chi connectivity index (χ4n) is 3.81. The summed E-state index contributed by atoms with van der Waals surface area (Å²) in [6.07, 6.45) is 6.07. The van der Waals surface area contributed by atoms with Crippen LogP contribution in [0.2, 0.25) is 0 Å². The molecular formula is C24H25FN4O. The molecule has 4 rings (SSSR count). The molecule has 2 aromatic heterocycles. The molecule has 0 aliphatic heterocycles. The van der Waals surface area contributed by atoms with Gasteiger partial charge in [0.15, 0.2) is 0 Å². The van der Waals surface area contributed by atoms with Crippen LogP contribution in [-0.2, 0) is 6.67 Å². The first kappa shape index (κ1) is 20.0. The number of pyridine rings is 2. The average molecular weight is 404 g/mol. The van der Waals surface area contributed by atoms with Gasteiger partial charge in [-0.25, -0.2) is 9.18 Å². The molecule has 1 fully saturated rings. The molecule has 1 aliphatic rings. The molecule has 1 aliphatic carbocycles. The van der Waals surface area contributed by atoms with Crippen LogP contribution in [0, 0.1) is 5.41 Å². The SMILES string of the molecule is CC1(C)C[C@H]1c1cccnc1[C@@H](NC(=O)Nc1cccnc1)c1ccc(CF)cc1. The zero-order valence-electron chi connectivity index (χ0n) is 17.1. The Morgan fingerprint density at radius 2 is 1.90 bits per heavy atom. The van der Waals surface area contributed by atoms with Crippen molar-refractivity contribution in [3.63, 3.8) is 0 Å². The van der Waals surface area contributed by atoms with Crippen molar-refractivity contribution < 1.29 is 9.18 Å². The molecule has 0 radical (unpaired) electrons. The molecule has 1 aromatic carbocycles. The molecule has 2 N–H and O–H groups in total. The van der Waals surface area contributed by atoms with Crippen molar-refractivity contribution in [1.82, 2.24) is 15.3 Å². The van der Waals surface area contributed by atoms with E-state index in [9.17, 15) is 9.18 Å². The van der Waals surface area contributed by atoms with Gasteiger partial charge in [-0.15, -0.1) is 0 Å². The summed E-state index contributed by atoms with van der Waals surface area (Å²) in [4.78, 5) is 21.5. The Bertz CT molecular complexity index is 1020. The van der Waals surface area contributed by atoms with Crippen LogP contribution < -0.4 is 10.6 Å². The highest BCUT2D eigenvalue weighted by atomic mass is 19.1. The highest BCUT2D eigenvalue weighted by Gasteiger charge is 2.48. The van der Waals surface area contributed by atoms with Crippen molar-refractivity contribution in [2.45, 2.75) is 38.9 Å². The number of urea groups is 1. The third-order valence-corrected chi connectivity index (χ3v) is 5.70. The smallest absolute Gasteiger partial charge is 0.320 e. The average Bonchev–Trinajstić information content (AvgIpc) is 3.41. The minimum absolute atomic E-state index is 0.221. The van der Waals surface area contributed by atoms with Crippen LogP contribution in [0.4, 0.5) is 14.9 Å². The second kappa shape index (κ2) is 8.22. The summed E-state index contributed by atoms with van der Waals surface area (Å²) in [5.41, 5.74) is 4.24. The summed E-state index contributed by atoms with van der Waals surface area (Å²) in [7, 11) is 0. The molecule has 3 aromatic rings. The van der Waals surface area contributed by atoms with E-state index in [1.165, 1.54) is 0 Å². The molecule has 1 saturated carbocycles. The number of anilines is 1. The first-order valence-corrected chi connectivity index (χ1v) is 10.0. The van der Waals surface area contributed by atoms with Gasteiger partial charge in [0.2, 0.25) is 0 Å². The molecule has 6 heteroatoms. The molecule has 0 saturated heterocycles. The van der Waals surface area contributed by atoms with Crippen molar-refractivity contribution in [2.75, 3.05) is 5.32 Å². The van der Waals surface area contributed by atoms with E-state index in [2.05, 4.69) is 40.5 Å².